The molecule has 4 heterocycles. The molecular weight excluding hydrogens is 643 g/mol. The molecule has 3 N–H and O–H groups in total. The number of hydrogen-bond donors (Lipinski definition) is 2. The number of tetrazole rings is 1. The molecule has 0 aliphatic carbocycles. The van der Waals surface area contributed by atoms with Gasteiger partial charge >= 0.3 is 11.9 Å². The van der Waals surface area contributed by atoms with Crippen molar-refractivity contribution in [2.24, 2.45) is 5.92 Å². The van der Waals surface area contributed by atoms with Gasteiger partial charge in [-0.1, -0.05) is 39.0 Å². The summed E-state index contributed by atoms with van der Waals surface area (Å²) in [6, 6.07) is -0.832. The van der Waals surface area contributed by atoms with E-state index in [4.69, 9.17) is 15.2 Å². The van der Waals surface area contributed by atoms with Crippen molar-refractivity contribution in [2.45, 2.75) is 75.9 Å². The molecule has 0 bridgehead atoms. The Morgan fingerprint density at radius 1 is 1.27 bits per heavy atom. The third-order valence-electron chi connectivity index (χ3n) is 6.85. The number of carbonyl (C=O) groups excluding carboxylic acids is 4. The molecule has 2 aromatic heterocycles. The SMILES string of the molecule is CCCCC(=O)OC(OC(=O)C1=C(CSc2nnnn2CCN(C)C)CS[C@@H]2[C@H](NC(=O)Cc3csc(N)n3)C(=O)N12)C(C)C. The number of amides is 2. The van der Waals surface area contributed by atoms with Crippen molar-refractivity contribution in [1.29, 1.82) is 0 Å². The fraction of sp³-hybridized carbons (Fsp3) is 0.630. The lowest BCUT2D eigenvalue weighted by Crippen LogP contribution is -2.70. The van der Waals surface area contributed by atoms with Crippen LogP contribution in [0.25, 0.3) is 0 Å². The molecule has 2 aliphatic heterocycles. The van der Waals surface area contributed by atoms with Gasteiger partial charge in [-0.2, -0.15) is 0 Å². The van der Waals surface area contributed by atoms with Crippen LogP contribution in [0.2, 0.25) is 0 Å². The molecule has 0 aromatic carbocycles. The standard InChI is InChI=1S/C27H39N9O6S3/c1-6-7-8-19(38)41-25(15(2)3)42-24(40)21-16(13-45-27-31-32-33-35(27)10-9-34(4)5)12-43-23-20(22(39)36(21)23)30-18(37)11-17-14-44-26(28)29-17/h14-15,20,23,25H,6-13H2,1-5H3,(H2,28,29)(H,30,37)/t20-,23-,25?/m1/s1. The summed E-state index contributed by atoms with van der Waals surface area (Å²) in [5.74, 6) is -1.68. The number of unbranched alkanes of at least 4 members (excludes halogenated alkanes) is 1. The minimum Gasteiger partial charge on any atom is -0.425 e. The molecule has 0 spiro atoms. The molecule has 1 saturated heterocycles. The molecule has 0 saturated carbocycles. The van der Waals surface area contributed by atoms with Crippen LogP contribution < -0.4 is 11.1 Å². The molecule has 2 aromatic rings. The Morgan fingerprint density at radius 3 is 2.71 bits per heavy atom. The van der Waals surface area contributed by atoms with E-state index >= 15 is 0 Å². The molecule has 1 unspecified atom stereocenters. The van der Waals surface area contributed by atoms with E-state index in [9.17, 15) is 19.2 Å². The number of thiazole rings is 1. The number of nitrogens with zero attached hydrogens (tertiary/aromatic N) is 7. The average Bonchev–Trinajstić information content (AvgIpc) is 3.63. The summed E-state index contributed by atoms with van der Waals surface area (Å²) < 4.78 is 12.9. The van der Waals surface area contributed by atoms with E-state index in [-0.39, 0.29) is 30.4 Å². The van der Waals surface area contributed by atoms with Crippen LogP contribution in [0.3, 0.4) is 0 Å². The van der Waals surface area contributed by atoms with Crippen LogP contribution in [0, 0.1) is 5.92 Å². The first-order valence-electron chi connectivity index (χ1n) is 14.6. The minimum absolute atomic E-state index is 0.0243. The molecule has 45 heavy (non-hydrogen) atoms. The van der Waals surface area contributed by atoms with Crippen molar-refractivity contribution in [1.82, 2.24) is 40.3 Å². The van der Waals surface area contributed by atoms with Gasteiger partial charge in [0.15, 0.2) is 5.13 Å². The third-order valence-corrected chi connectivity index (χ3v) is 9.96. The number of thioether (sulfide) groups is 2. The summed E-state index contributed by atoms with van der Waals surface area (Å²) in [5.41, 5.74) is 6.91. The predicted molar refractivity (Wildman–Crippen MR) is 170 cm³/mol. The second-order valence-electron chi connectivity index (χ2n) is 11.1. The lowest BCUT2D eigenvalue weighted by atomic mass is 10.0. The van der Waals surface area contributed by atoms with Crippen LogP contribution in [0.15, 0.2) is 21.8 Å². The Labute approximate surface area is 274 Å². The number of ether oxygens (including phenoxy) is 2. The van der Waals surface area contributed by atoms with Crippen molar-refractivity contribution < 1.29 is 28.7 Å². The second-order valence-corrected chi connectivity index (χ2v) is 14.1. The maximum atomic E-state index is 13.8. The zero-order chi connectivity index (χ0) is 32.7. The number of fused-ring (bicyclic) bond motifs is 1. The number of carbonyl (C=O) groups is 4. The highest BCUT2D eigenvalue weighted by atomic mass is 32.2. The van der Waals surface area contributed by atoms with Gasteiger partial charge < -0.3 is 25.4 Å². The molecule has 246 valence electrons. The summed E-state index contributed by atoms with van der Waals surface area (Å²) in [4.78, 5) is 59.9. The lowest BCUT2D eigenvalue weighted by molar-refractivity contribution is -0.195. The largest absolute Gasteiger partial charge is 0.425 e. The molecule has 18 heteroatoms. The summed E-state index contributed by atoms with van der Waals surface area (Å²) in [6.07, 6.45) is 0.528. The van der Waals surface area contributed by atoms with E-state index in [1.165, 1.54) is 39.8 Å². The van der Waals surface area contributed by atoms with Crippen molar-refractivity contribution in [3.05, 3.63) is 22.3 Å². The molecule has 2 amide bonds. The summed E-state index contributed by atoms with van der Waals surface area (Å²) >= 11 is 4.01. The highest BCUT2D eigenvalue weighted by Crippen LogP contribution is 2.42. The number of hydrogen-bond acceptors (Lipinski definition) is 15. The first-order chi connectivity index (χ1) is 21.5. The Kier molecular flexibility index (Phi) is 12.2. The van der Waals surface area contributed by atoms with Gasteiger partial charge in [-0.15, -0.1) is 28.2 Å². The quantitative estimate of drug-likeness (QED) is 0.112. The molecule has 4 rings (SSSR count). The number of β-lactam (4-membered cyclic amide) rings is 1. The average molecular weight is 682 g/mol. The zero-order valence-corrected chi connectivity index (χ0v) is 28.4. The Balaban J connectivity index is 1.53. The van der Waals surface area contributed by atoms with Crippen molar-refractivity contribution in [3.63, 3.8) is 0 Å². The van der Waals surface area contributed by atoms with Crippen LogP contribution in [0.4, 0.5) is 5.13 Å². The van der Waals surface area contributed by atoms with E-state index in [0.29, 0.717) is 46.0 Å². The van der Waals surface area contributed by atoms with E-state index < -0.39 is 35.6 Å². The second kappa shape index (κ2) is 15.9. The number of nitrogens with one attached hydrogen (secondary N) is 1. The molecule has 1 fully saturated rings. The molecule has 3 atom stereocenters. The first kappa shape index (κ1) is 34.6. The Bertz CT molecular complexity index is 1410. The van der Waals surface area contributed by atoms with Gasteiger partial charge in [-0.05, 0) is 36.5 Å². The van der Waals surface area contributed by atoms with Gasteiger partial charge in [0.2, 0.25) is 17.4 Å². The van der Waals surface area contributed by atoms with Crippen LogP contribution >= 0.6 is 34.9 Å². The summed E-state index contributed by atoms with van der Waals surface area (Å²) in [6.45, 7) is 6.83. The van der Waals surface area contributed by atoms with Gasteiger partial charge in [-0.3, -0.25) is 19.3 Å². The topological polar surface area (TPSA) is 188 Å². The Hall–Kier alpha value is -3.22. The smallest absolute Gasteiger partial charge is 0.358 e. The zero-order valence-electron chi connectivity index (χ0n) is 25.9. The van der Waals surface area contributed by atoms with E-state index in [1.807, 2.05) is 25.9 Å². The van der Waals surface area contributed by atoms with Crippen LogP contribution in [0.5, 0.6) is 0 Å². The highest BCUT2D eigenvalue weighted by Gasteiger charge is 2.54. The van der Waals surface area contributed by atoms with Crippen LogP contribution in [-0.4, -0.2) is 109 Å². The number of rotatable bonds is 16. The fourth-order valence-corrected chi connectivity index (χ4v) is 7.38. The van der Waals surface area contributed by atoms with Gasteiger partial charge in [0, 0.05) is 35.8 Å². The molecule has 2 aliphatic rings. The predicted octanol–water partition coefficient (Wildman–Crippen LogP) is 1.52. The molecule has 0 radical (unpaired) electrons. The first-order valence-corrected chi connectivity index (χ1v) is 17.5. The number of anilines is 1. The van der Waals surface area contributed by atoms with E-state index in [1.54, 1.807) is 23.9 Å². The minimum atomic E-state index is -1.13. The summed E-state index contributed by atoms with van der Waals surface area (Å²) in [5, 5.41) is 16.8. The maximum absolute atomic E-state index is 13.8. The third kappa shape index (κ3) is 8.95. The van der Waals surface area contributed by atoms with Crippen molar-refractivity contribution in [2.75, 3.05) is 37.9 Å². The maximum Gasteiger partial charge on any atom is 0.358 e. The number of nitrogens with two attached hydrogens (primary N) is 1. The molecular formula is C27H39N9O6S3. The highest BCUT2D eigenvalue weighted by molar-refractivity contribution is 8.01. The number of likely N-dealkylation sites (N-methyl/N-ethyl adjacent to an activating group) is 1. The van der Waals surface area contributed by atoms with Crippen LogP contribution in [0.1, 0.15) is 45.7 Å². The van der Waals surface area contributed by atoms with Gasteiger partial charge in [0.25, 0.3) is 5.91 Å². The number of aromatic nitrogens is 5. The van der Waals surface area contributed by atoms with E-state index in [0.717, 1.165) is 13.0 Å². The summed E-state index contributed by atoms with van der Waals surface area (Å²) in [7, 11) is 3.91. The van der Waals surface area contributed by atoms with Gasteiger partial charge in [0.1, 0.15) is 17.1 Å². The van der Waals surface area contributed by atoms with E-state index in [2.05, 4.69) is 25.8 Å². The van der Waals surface area contributed by atoms with Gasteiger partial charge in [0.05, 0.1) is 18.7 Å². The fourth-order valence-electron chi connectivity index (χ4n) is 4.43. The van der Waals surface area contributed by atoms with Crippen LogP contribution in [-0.2, 0) is 41.6 Å². The van der Waals surface area contributed by atoms with Crippen molar-refractivity contribution >= 4 is 63.7 Å². The number of nitrogen functional groups attached to an aromatic ring is 1. The monoisotopic (exact) mass is 681 g/mol. The Morgan fingerprint density at radius 2 is 2.04 bits per heavy atom. The van der Waals surface area contributed by atoms with Crippen molar-refractivity contribution in [3.8, 4) is 0 Å². The van der Waals surface area contributed by atoms with Gasteiger partial charge in [-0.25, -0.2) is 14.5 Å². The molecule has 15 nitrogen and oxygen atoms in total. The normalized spacial score (nSPS) is 18.6. The number of esters is 2. The lowest BCUT2D eigenvalue weighted by Gasteiger charge is -2.49.